The van der Waals surface area contributed by atoms with E-state index >= 15 is 0 Å². The van der Waals surface area contributed by atoms with Crippen molar-refractivity contribution in [2.24, 2.45) is 5.41 Å². The average molecular weight is 285 g/mol. The molecule has 0 amide bonds. The van der Waals surface area contributed by atoms with Crippen molar-refractivity contribution in [3.8, 4) is 0 Å². The molecule has 0 aliphatic heterocycles. The number of carbonyl (C=O) groups is 1. The van der Waals surface area contributed by atoms with Crippen LogP contribution in [0.5, 0.6) is 0 Å². The molecule has 0 aliphatic carbocycles. The molecule has 0 bridgehead atoms. The number of rotatable bonds is 4. The first-order chi connectivity index (χ1) is 8.50. The Balaban J connectivity index is 3.05. The van der Waals surface area contributed by atoms with Crippen LogP contribution in [0.4, 0.5) is 5.69 Å². The Morgan fingerprint density at radius 2 is 1.89 bits per heavy atom. The Labute approximate surface area is 113 Å². The molecule has 1 aromatic carbocycles. The third kappa shape index (κ3) is 4.90. The highest BCUT2D eigenvalue weighted by Crippen LogP contribution is 2.22. The average Bonchev–Trinajstić information content (AvgIpc) is 2.16. The van der Waals surface area contributed by atoms with E-state index < -0.39 is 16.0 Å². The van der Waals surface area contributed by atoms with Gasteiger partial charge in [-0.05, 0) is 30.0 Å². The first-order valence-corrected chi connectivity index (χ1v) is 7.50. The lowest BCUT2D eigenvalue weighted by Gasteiger charge is -2.19. The largest absolute Gasteiger partial charge is 0.478 e. The Bertz CT molecular complexity index is 585. The summed E-state index contributed by atoms with van der Waals surface area (Å²) < 4.78 is 26.4. The standard InChI is InChI=1S/C13H19NO4S/c1-9-5-6-10(12(15)16)7-11(9)14-19(17,18)8-13(2,3)4/h5-7,14H,8H2,1-4H3,(H,15,16). The minimum atomic E-state index is -3.50. The van der Waals surface area contributed by atoms with Crippen molar-refractivity contribution in [3.63, 3.8) is 0 Å². The molecule has 0 heterocycles. The predicted molar refractivity (Wildman–Crippen MR) is 75.0 cm³/mol. The fourth-order valence-electron chi connectivity index (χ4n) is 1.64. The lowest BCUT2D eigenvalue weighted by molar-refractivity contribution is 0.0697. The van der Waals surface area contributed by atoms with Crippen LogP contribution in [0.2, 0.25) is 0 Å². The summed E-state index contributed by atoms with van der Waals surface area (Å²) in [6.07, 6.45) is 0. The Morgan fingerprint density at radius 3 is 2.37 bits per heavy atom. The Morgan fingerprint density at radius 1 is 1.32 bits per heavy atom. The van der Waals surface area contributed by atoms with E-state index in [1.165, 1.54) is 12.1 Å². The van der Waals surface area contributed by atoms with Crippen molar-refractivity contribution >= 4 is 21.7 Å². The summed E-state index contributed by atoms with van der Waals surface area (Å²) in [5.41, 5.74) is 0.676. The highest BCUT2D eigenvalue weighted by atomic mass is 32.2. The maximum atomic E-state index is 12.0. The van der Waals surface area contributed by atoms with Gasteiger partial charge in [0, 0.05) is 0 Å². The van der Waals surface area contributed by atoms with Crippen LogP contribution in [-0.4, -0.2) is 25.2 Å². The van der Waals surface area contributed by atoms with Gasteiger partial charge in [0.05, 0.1) is 17.0 Å². The van der Waals surface area contributed by atoms with E-state index in [1.807, 2.05) is 20.8 Å². The first kappa shape index (κ1) is 15.5. The van der Waals surface area contributed by atoms with E-state index in [0.717, 1.165) is 0 Å². The summed E-state index contributed by atoms with van der Waals surface area (Å²) in [4.78, 5) is 10.9. The van der Waals surface area contributed by atoms with E-state index in [9.17, 15) is 13.2 Å². The molecule has 0 aromatic heterocycles. The van der Waals surface area contributed by atoms with Gasteiger partial charge in [-0.15, -0.1) is 0 Å². The molecule has 5 nitrogen and oxygen atoms in total. The fraction of sp³-hybridized carbons (Fsp3) is 0.462. The number of anilines is 1. The van der Waals surface area contributed by atoms with Gasteiger partial charge >= 0.3 is 5.97 Å². The highest BCUT2D eigenvalue weighted by Gasteiger charge is 2.22. The molecule has 0 spiro atoms. The second kappa shape index (κ2) is 5.21. The van der Waals surface area contributed by atoms with Gasteiger partial charge in [0.1, 0.15) is 0 Å². The number of sulfonamides is 1. The first-order valence-electron chi connectivity index (χ1n) is 5.85. The zero-order valence-corrected chi connectivity index (χ0v) is 12.3. The van der Waals surface area contributed by atoms with Gasteiger partial charge in [-0.2, -0.15) is 0 Å². The monoisotopic (exact) mass is 285 g/mol. The number of carboxylic acid groups (broad SMARTS) is 1. The van der Waals surface area contributed by atoms with Crippen LogP contribution in [0, 0.1) is 12.3 Å². The lowest BCUT2D eigenvalue weighted by atomic mass is 10.0. The number of carboxylic acids is 1. The molecule has 19 heavy (non-hydrogen) atoms. The summed E-state index contributed by atoms with van der Waals surface area (Å²) in [6.45, 7) is 7.20. The van der Waals surface area contributed by atoms with Gasteiger partial charge in [0.2, 0.25) is 10.0 Å². The van der Waals surface area contributed by atoms with Gasteiger partial charge in [0.25, 0.3) is 0 Å². The number of aromatic carboxylic acids is 1. The molecule has 0 atom stereocenters. The lowest BCUT2D eigenvalue weighted by Crippen LogP contribution is -2.26. The molecule has 1 rings (SSSR count). The number of benzene rings is 1. The van der Waals surface area contributed by atoms with Crippen molar-refractivity contribution < 1.29 is 18.3 Å². The molecular weight excluding hydrogens is 266 g/mol. The second-order valence-electron chi connectivity index (χ2n) is 5.76. The van der Waals surface area contributed by atoms with Gasteiger partial charge < -0.3 is 5.11 Å². The zero-order valence-electron chi connectivity index (χ0n) is 11.5. The number of nitrogens with one attached hydrogen (secondary N) is 1. The van der Waals surface area contributed by atoms with E-state index in [-0.39, 0.29) is 16.7 Å². The summed E-state index contributed by atoms with van der Waals surface area (Å²) in [6, 6.07) is 4.36. The SMILES string of the molecule is Cc1ccc(C(=O)O)cc1NS(=O)(=O)CC(C)(C)C. The van der Waals surface area contributed by atoms with E-state index in [2.05, 4.69) is 4.72 Å². The third-order valence-corrected chi connectivity index (χ3v) is 4.15. The molecule has 6 heteroatoms. The number of aryl methyl sites for hydroxylation is 1. The summed E-state index contributed by atoms with van der Waals surface area (Å²) in [5.74, 6) is -1.12. The maximum Gasteiger partial charge on any atom is 0.335 e. The smallest absolute Gasteiger partial charge is 0.335 e. The zero-order chi connectivity index (χ0) is 14.8. The summed E-state index contributed by atoms with van der Waals surface area (Å²) in [5, 5.41) is 8.91. The van der Waals surface area contributed by atoms with E-state index in [0.29, 0.717) is 11.3 Å². The van der Waals surface area contributed by atoms with Crippen LogP contribution in [0.15, 0.2) is 18.2 Å². The second-order valence-corrected chi connectivity index (χ2v) is 7.48. The summed E-state index contributed by atoms with van der Waals surface area (Å²) in [7, 11) is -3.50. The highest BCUT2D eigenvalue weighted by molar-refractivity contribution is 7.92. The molecule has 0 radical (unpaired) electrons. The van der Waals surface area contributed by atoms with Gasteiger partial charge in [0.15, 0.2) is 0 Å². The molecule has 2 N–H and O–H groups in total. The van der Waals surface area contributed by atoms with Gasteiger partial charge in [-0.3, -0.25) is 4.72 Å². The topological polar surface area (TPSA) is 83.5 Å². The third-order valence-electron chi connectivity index (χ3n) is 2.37. The molecule has 0 fully saturated rings. The maximum absolute atomic E-state index is 12.0. The van der Waals surface area contributed by atoms with E-state index in [4.69, 9.17) is 5.11 Å². The molecule has 0 aliphatic rings. The normalized spacial score (nSPS) is 12.2. The molecule has 0 saturated carbocycles. The van der Waals surface area contributed by atoms with Crippen LogP contribution in [0.25, 0.3) is 0 Å². The molecule has 0 saturated heterocycles. The minimum absolute atomic E-state index is 0.0310. The molecule has 106 valence electrons. The quantitative estimate of drug-likeness (QED) is 0.890. The van der Waals surface area contributed by atoms with Gasteiger partial charge in [-0.25, -0.2) is 13.2 Å². The van der Waals surface area contributed by atoms with E-state index in [1.54, 1.807) is 13.0 Å². The minimum Gasteiger partial charge on any atom is -0.478 e. The number of hydrogen-bond acceptors (Lipinski definition) is 3. The van der Waals surface area contributed by atoms with Crippen molar-refractivity contribution in [1.82, 2.24) is 0 Å². The van der Waals surface area contributed by atoms with Crippen molar-refractivity contribution in [2.45, 2.75) is 27.7 Å². The Hall–Kier alpha value is -1.56. The van der Waals surface area contributed by atoms with Crippen LogP contribution in [0.3, 0.4) is 0 Å². The van der Waals surface area contributed by atoms with Crippen molar-refractivity contribution in [2.75, 3.05) is 10.5 Å². The predicted octanol–water partition coefficient (Wildman–Crippen LogP) is 2.48. The summed E-state index contributed by atoms with van der Waals surface area (Å²) >= 11 is 0. The van der Waals surface area contributed by atoms with Crippen molar-refractivity contribution in [1.29, 1.82) is 0 Å². The fourth-order valence-corrected chi connectivity index (χ4v) is 3.41. The van der Waals surface area contributed by atoms with Crippen LogP contribution >= 0.6 is 0 Å². The molecular formula is C13H19NO4S. The molecule has 1 aromatic rings. The Kier molecular flexibility index (Phi) is 4.25. The number of hydrogen-bond donors (Lipinski definition) is 2. The van der Waals surface area contributed by atoms with Crippen LogP contribution in [0.1, 0.15) is 36.7 Å². The van der Waals surface area contributed by atoms with Gasteiger partial charge in [-0.1, -0.05) is 26.8 Å². The van der Waals surface area contributed by atoms with Crippen LogP contribution < -0.4 is 4.72 Å². The van der Waals surface area contributed by atoms with Crippen LogP contribution in [-0.2, 0) is 10.0 Å². The molecule has 0 unspecified atom stereocenters. The van der Waals surface area contributed by atoms with Crippen molar-refractivity contribution in [3.05, 3.63) is 29.3 Å².